The van der Waals surface area contributed by atoms with Gasteiger partial charge in [0, 0.05) is 48.0 Å². The highest BCUT2D eigenvalue weighted by Crippen LogP contribution is 2.25. The molecule has 0 saturated heterocycles. The Morgan fingerprint density at radius 1 is 1.44 bits per heavy atom. The van der Waals surface area contributed by atoms with E-state index in [4.69, 9.17) is 4.74 Å². The van der Waals surface area contributed by atoms with Gasteiger partial charge in [0.1, 0.15) is 5.01 Å². The highest BCUT2D eigenvalue weighted by atomic mass is 79.9. The Balaban J connectivity index is 1.97. The fraction of sp³-hybridized carbons (Fsp3) is 0.333. The standard InChI is InChI=1S/C12H14BrN3OS/c1-17-3-2-14-7-11-8-18-12(16-11)9-4-10(13)6-15-5-9/h4-6,8,14H,2-3,7H2,1H3. The molecule has 2 rings (SSSR count). The molecule has 18 heavy (non-hydrogen) atoms. The number of hydrogen-bond donors (Lipinski definition) is 1. The summed E-state index contributed by atoms with van der Waals surface area (Å²) in [5.74, 6) is 0. The van der Waals surface area contributed by atoms with Gasteiger partial charge in [-0.15, -0.1) is 11.3 Å². The van der Waals surface area contributed by atoms with Gasteiger partial charge in [-0.3, -0.25) is 4.98 Å². The Hall–Kier alpha value is -0.820. The van der Waals surface area contributed by atoms with Gasteiger partial charge in [-0.2, -0.15) is 0 Å². The first-order chi connectivity index (χ1) is 8.79. The minimum Gasteiger partial charge on any atom is -0.383 e. The average Bonchev–Trinajstić information content (AvgIpc) is 2.83. The second-order valence-electron chi connectivity index (χ2n) is 3.71. The number of nitrogens with one attached hydrogen (secondary N) is 1. The quantitative estimate of drug-likeness (QED) is 0.829. The van der Waals surface area contributed by atoms with Crippen molar-refractivity contribution < 1.29 is 4.74 Å². The molecule has 0 unspecified atom stereocenters. The number of halogens is 1. The van der Waals surface area contributed by atoms with E-state index in [1.165, 1.54) is 0 Å². The van der Waals surface area contributed by atoms with Crippen LogP contribution in [0.3, 0.4) is 0 Å². The topological polar surface area (TPSA) is 47.0 Å². The Morgan fingerprint density at radius 2 is 2.33 bits per heavy atom. The lowest BCUT2D eigenvalue weighted by Gasteiger charge is -2.00. The zero-order chi connectivity index (χ0) is 12.8. The summed E-state index contributed by atoms with van der Waals surface area (Å²) in [4.78, 5) is 8.72. The molecule has 2 aromatic rings. The van der Waals surface area contributed by atoms with Gasteiger partial charge >= 0.3 is 0 Å². The molecule has 0 spiro atoms. The van der Waals surface area contributed by atoms with Gasteiger partial charge in [0.2, 0.25) is 0 Å². The van der Waals surface area contributed by atoms with E-state index in [2.05, 4.69) is 36.6 Å². The molecule has 0 bridgehead atoms. The van der Waals surface area contributed by atoms with Crippen molar-refractivity contribution >= 4 is 27.3 Å². The Bertz CT molecular complexity index is 504. The summed E-state index contributed by atoms with van der Waals surface area (Å²) in [5.41, 5.74) is 2.09. The van der Waals surface area contributed by atoms with Crippen LogP contribution in [0.15, 0.2) is 28.3 Å². The summed E-state index contributed by atoms with van der Waals surface area (Å²) in [6, 6.07) is 2.02. The predicted molar refractivity (Wildman–Crippen MR) is 76.6 cm³/mol. The Kier molecular flexibility index (Phi) is 5.25. The van der Waals surface area contributed by atoms with Crippen LogP contribution in [-0.4, -0.2) is 30.2 Å². The van der Waals surface area contributed by atoms with Crippen LogP contribution < -0.4 is 5.32 Å². The maximum absolute atomic E-state index is 4.97. The van der Waals surface area contributed by atoms with Crippen molar-refractivity contribution in [1.29, 1.82) is 0 Å². The maximum atomic E-state index is 4.97. The molecule has 0 saturated carbocycles. The van der Waals surface area contributed by atoms with E-state index < -0.39 is 0 Å². The fourth-order valence-electron chi connectivity index (χ4n) is 1.44. The van der Waals surface area contributed by atoms with E-state index >= 15 is 0 Å². The maximum Gasteiger partial charge on any atom is 0.125 e. The van der Waals surface area contributed by atoms with E-state index in [1.807, 2.05) is 12.3 Å². The molecule has 6 heteroatoms. The molecule has 2 aromatic heterocycles. The largest absolute Gasteiger partial charge is 0.383 e. The first-order valence-electron chi connectivity index (χ1n) is 5.54. The lowest BCUT2D eigenvalue weighted by molar-refractivity contribution is 0.199. The molecular weight excluding hydrogens is 314 g/mol. The van der Waals surface area contributed by atoms with E-state index in [1.54, 1.807) is 24.6 Å². The molecule has 0 aromatic carbocycles. The van der Waals surface area contributed by atoms with Crippen LogP contribution >= 0.6 is 27.3 Å². The molecule has 0 fully saturated rings. The van der Waals surface area contributed by atoms with Crippen molar-refractivity contribution in [1.82, 2.24) is 15.3 Å². The first kappa shape index (κ1) is 13.6. The van der Waals surface area contributed by atoms with Gasteiger partial charge in [-0.25, -0.2) is 4.98 Å². The van der Waals surface area contributed by atoms with Crippen LogP contribution in [0.25, 0.3) is 10.6 Å². The van der Waals surface area contributed by atoms with Crippen molar-refractivity contribution in [3.63, 3.8) is 0 Å². The summed E-state index contributed by atoms with van der Waals surface area (Å²) in [6.07, 6.45) is 3.59. The number of methoxy groups -OCH3 is 1. The normalized spacial score (nSPS) is 10.8. The molecular formula is C12H14BrN3OS. The lowest BCUT2D eigenvalue weighted by atomic mass is 10.3. The van der Waals surface area contributed by atoms with Crippen LogP contribution in [0.4, 0.5) is 0 Å². The molecule has 2 heterocycles. The number of nitrogens with zero attached hydrogens (tertiary/aromatic N) is 2. The summed E-state index contributed by atoms with van der Waals surface area (Å²) in [5, 5.41) is 6.33. The summed E-state index contributed by atoms with van der Waals surface area (Å²) >= 11 is 5.05. The van der Waals surface area contributed by atoms with Gasteiger partial charge < -0.3 is 10.1 Å². The van der Waals surface area contributed by atoms with Gasteiger partial charge in [0.05, 0.1) is 12.3 Å². The van der Waals surface area contributed by atoms with Gasteiger partial charge in [0.25, 0.3) is 0 Å². The van der Waals surface area contributed by atoms with Crippen molar-refractivity contribution in [2.75, 3.05) is 20.3 Å². The molecule has 4 nitrogen and oxygen atoms in total. The number of pyridine rings is 1. The zero-order valence-corrected chi connectivity index (χ0v) is 12.4. The number of hydrogen-bond acceptors (Lipinski definition) is 5. The van der Waals surface area contributed by atoms with Gasteiger partial charge in [-0.1, -0.05) is 0 Å². The van der Waals surface area contributed by atoms with Crippen LogP contribution in [-0.2, 0) is 11.3 Å². The molecule has 0 aliphatic heterocycles. The second-order valence-corrected chi connectivity index (χ2v) is 5.48. The Labute approximate surface area is 119 Å². The van der Waals surface area contributed by atoms with Crippen LogP contribution in [0.1, 0.15) is 5.69 Å². The third-order valence-corrected chi connectivity index (χ3v) is 3.67. The number of thiazole rings is 1. The smallest absolute Gasteiger partial charge is 0.125 e. The van der Waals surface area contributed by atoms with E-state index in [-0.39, 0.29) is 0 Å². The van der Waals surface area contributed by atoms with Crippen molar-refractivity contribution in [2.24, 2.45) is 0 Å². The third kappa shape index (κ3) is 3.84. The second kappa shape index (κ2) is 6.94. The fourth-order valence-corrected chi connectivity index (χ4v) is 2.61. The van der Waals surface area contributed by atoms with E-state index in [9.17, 15) is 0 Å². The summed E-state index contributed by atoms with van der Waals surface area (Å²) in [7, 11) is 1.70. The monoisotopic (exact) mass is 327 g/mol. The number of aromatic nitrogens is 2. The van der Waals surface area contributed by atoms with Crippen molar-refractivity contribution in [3.05, 3.63) is 34.0 Å². The van der Waals surface area contributed by atoms with Crippen molar-refractivity contribution in [2.45, 2.75) is 6.54 Å². The molecule has 1 N–H and O–H groups in total. The summed E-state index contributed by atoms with van der Waals surface area (Å²) < 4.78 is 5.94. The third-order valence-electron chi connectivity index (χ3n) is 2.29. The Morgan fingerprint density at radius 3 is 3.11 bits per heavy atom. The molecule has 0 aliphatic rings. The lowest BCUT2D eigenvalue weighted by Crippen LogP contribution is -2.18. The van der Waals surface area contributed by atoms with Gasteiger partial charge in [0.15, 0.2) is 0 Å². The van der Waals surface area contributed by atoms with Crippen LogP contribution in [0, 0.1) is 0 Å². The molecule has 0 aliphatic carbocycles. The van der Waals surface area contributed by atoms with E-state index in [0.717, 1.165) is 33.8 Å². The number of ether oxygens (including phenoxy) is 1. The molecule has 0 atom stereocenters. The predicted octanol–water partition coefficient (Wildman–Crippen LogP) is 2.70. The van der Waals surface area contributed by atoms with Crippen LogP contribution in [0.2, 0.25) is 0 Å². The molecule has 0 amide bonds. The first-order valence-corrected chi connectivity index (χ1v) is 7.22. The zero-order valence-electron chi connectivity index (χ0n) is 10.0. The highest BCUT2D eigenvalue weighted by Gasteiger charge is 2.05. The molecule has 96 valence electrons. The SMILES string of the molecule is COCCNCc1csc(-c2cncc(Br)c2)n1. The van der Waals surface area contributed by atoms with Crippen molar-refractivity contribution in [3.8, 4) is 10.6 Å². The summed E-state index contributed by atoms with van der Waals surface area (Å²) in [6.45, 7) is 2.32. The minimum atomic E-state index is 0.715. The average molecular weight is 328 g/mol. The number of rotatable bonds is 6. The van der Waals surface area contributed by atoms with E-state index in [0.29, 0.717) is 6.61 Å². The highest BCUT2D eigenvalue weighted by molar-refractivity contribution is 9.10. The minimum absolute atomic E-state index is 0.715. The molecule has 0 radical (unpaired) electrons. The van der Waals surface area contributed by atoms with Gasteiger partial charge in [-0.05, 0) is 22.0 Å². The van der Waals surface area contributed by atoms with Crippen LogP contribution in [0.5, 0.6) is 0 Å².